The molecular weight excluding hydrogens is 394 g/mol. The van der Waals surface area contributed by atoms with Gasteiger partial charge < -0.3 is 20.4 Å². The Labute approximate surface area is 180 Å². The van der Waals surface area contributed by atoms with Gasteiger partial charge in [-0.05, 0) is 56.5 Å². The number of carbonyl (C=O) groups is 1. The molecule has 2 aromatic heterocycles. The van der Waals surface area contributed by atoms with Gasteiger partial charge in [0.2, 0.25) is 0 Å². The molecule has 1 aliphatic rings. The maximum atomic E-state index is 12.2. The summed E-state index contributed by atoms with van der Waals surface area (Å²) in [5.74, 6) is 1.10. The fourth-order valence-corrected chi connectivity index (χ4v) is 3.38. The Morgan fingerprint density at radius 3 is 2.84 bits per heavy atom. The Hall–Kier alpha value is -3.52. The largest absolute Gasteiger partial charge is 0.368 e. The second kappa shape index (κ2) is 9.09. The van der Waals surface area contributed by atoms with Crippen LogP contribution in [0.15, 0.2) is 47.4 Å². The van der Waals surface area contributed by atoms with Crippen molar-refractivity contribution < 1.29 is 9.53 Å². The molecule has 160 valence electrons. The van der Waals surface area contributed by atoms with Crippen LogP contribution in [0.2, 0.25) is 0 Å². The van der Waals surface area contributed by atoms with Crippen LogP contribution in [0, 0.1) is 13.8 Å². The normalized spacial score (nSPS) is 15.6. The molecule has 3 N–H and O–H groups in total. The molecule has 8 nitrogen and oxygen atoms in total. The number of H-pyrrole nitrogens is 1. The first-order chi connectivity index (χ1) is 15.0. The number of pyridine rings is 1. The van der Waals surface area contributed by atoms with Gasteiger partial charge in [-0.1, -0.05) is 12.1 Å². The number of ether oxygens (including phenoxy) is 1. The van der Waals surface area contributed by atoms with E-state index in [9.17, 15) is 9.59 Å². The molecule has 3 heterocycles. The molecule has 8 heteroatoms. The van der Waals surface area contributed by atoms with E-state index in [-0.39, 0.29) is 17.6 Å². The van der Waals surface area contributed by atoms with Gasteiger partial charge in [0.25, 0.3) is 11.5 Å². The van der Waals surface area contributed by atoms with E-state index in [4.69, 9.17) is 4.74 Å². The monoisotopic (exact) mass is 419 g/mol. The number of nitrogens with zero attached hydrogens (tertiary/aromatic N) is 2. The van der Waals surface area contributed by atoms with E-state index >= 15 is 0 Å². The van der Waals surface area contributed by atoms with Gasteiger partial charge in [0.05, 0.1) is 0 Å². The van der Waals surface area contributed by atoms with Crippen LogP contribution in [0.1, 0.15) is 29.7 Å². The molecule has 1 aromatic carbocycles. The van der Waals surface area contributed by atoms with Gasteiger partial charge in [0.15, 0.2) is 0 Å². The number of hydrogen-bond acceptors (Lipinski definition) is 6. The second-order valence-corrected chi connectivity index (χ2v) is 7.60. The third kappa shape index (κ3) is 4.97. The maximum Gasteiger partial charge on any atom is 0.254 e. The summed E-state index contributed by atoms with van der Waals surface area (Å²) in [6, 6.07) is 11.4. The number of aromatic nitrogens is 3. The number of hydrogen-bond donors (Lipinski definition) is 3. The fourth-order valence-electron chi connectivity index (χ4n) is 3.38. The van der Waals surface area contributed by atoms with Gasteiger partial charge >= 0.3 is 0 Å². The quantitative estimate of drug-likeness (QED) is 0.566. The van der Waals surface area contributed by atoms with Crippen LogP contribution in [-0.2, 0) is 16.1 Å². The highest BCUT2D eigenvalue weighted by Gasteiger charge is 2.23. The minimum Gasteiger partial charge on any atom is -0.368 e. The first-order valence-corrected chi connectivity index (χ1v) is 10.3. The Morgan fingerprint density at radius 2 is 2.13 bits per heavy atom. The minimum absolute atomic E-state index is 0.0992. The van der Waals surface area contributed by atoms with E-state index in [0.29, 0.717) is 36.1 Å². The average Bonchev–Trinajstić information content (AvgIpc) is 3.32. The number of nitrogens with one attached hydrogen (secondary N) is 3. The molecule has 1 aliphatic heterocycles. The van der Waals surface area contributed by atoms with Crippen LogP contribution in [0.3, 0.4) is 0 Å². The van der Waals surface area contributed by atoms with E-state index in [0.717, 1.165) is 29.7 Å². The van der Waals surface area contributed by atoms with Crippen LogP contribution in [0.5, 0.6) is 0 Å². The van der Waals surface area contributed by atoms with Crippen LogP contribution in [0.4, 0.5) is 11.5 Å². The predicted molar refractivity (Wildman–Crippen MR) is 119 cm³/mol. The van der Waals surface area contributed by atoms with Crippen molar-refractivity contribution in [2.75, 3.05) is 17.2 Å². The maximum absolute atomic E-state index is 12.2. The summed E-state index contributed by atoms with van der Waals surface area (Å²) in [6.45, 7) is 4.76. The third-order valence-electron chi connectivity index (χ3n) is 5.32. The lowest BCUT2D eigenvalue weighted by atomic mass is 10.2. The summed E-state index contributed by atoms with van der Waals surface area (Å²) in [4.78, 5) is 35.8. The van der Waals surface area contributed by atoms with E-state index in [1.54, 1.807) is 13.1 Å². The van der Waals surface area contributed by atoms with E-state index in [2.05, 4.69) is 25.6 Å². The third-order valence-corrected chi connectivity index (χ3v) is 5.32. The second-order valence-electron chi connectivity index (χ2n) is 7.60. The minimum atomic E-state index is -0.355. The Kier molecular flexibility index (Phi) is 6.08. The standard InChI is InChI=1S/C23H25N5O3/c1-14-15(2)26-21(28-22(14)29)17-8-9-20(25-13-17)24-12-16-5-3-6-18(11-16)27-23(30)19-7-4-10-31-19/h3,5-6,8-9,11,13,19H,4,7,10,12H2,1-2H3,(H,24,25)(H,27,30)(H,26,28,29). The summed E-state index contributed by atoms with van der Waals surface area (Å²) in [7, 11) is 0. The van der Waals surface area contributed by atoms with Crippen molar-refractivity contribution in [1.29, 1.82) is 0 Å². The molecule has 0 spiro atoms. The zero-order valence-electron chi connectivity index (χ0n) is 17.6. The van der Waals surface area contributed by atoms with Gasteiger partial charge in [-0.25, -0.2) is 9.97 Å². The summed E-state index contributed by atoms with van der Waals surface area (Å²) >= 11 is 0. The molecule has 1 unspecified atom stereocenters. The number of anilines is 2. The average molecular weight is 419 g/mol. The topological polar surface area (TPSA) is 109 Å². The van der Waals surface area contributed by atoms with Crippen molar-refractivity contribution >= 4 is 17.4 Å². The molecule has 1 saturated heterocycles. The first kappa shape index (κ1) is 20.7. The van der Waals surface area contributed by atoms with E-state index in [1.807, 2.05) is 43.3 Å². The van der Waals surface area contributed by atoms with Gasteiger partial charge in [0, 0.05) is 41.9 Å². The number of amides is 1. The van der Waals surface area contributed by atoms with Crippen molar-refractivity contribution in [3.8, 4) is 11.4 Å². The SMILES string of the molecule is Cc1nc(-c2ccc(NCc3cccc(NC(=O)C4CCCO4)c3)nc2)[nH]c(=O)c1C. The molecule has 1 fully saturated rings. The Balaban J connectivity index is 1.38. The van der Waals surface area contributed by atoms with Crippen molar-refractivity contribution in [2.45, 2.75) is 39.3 Å². The van der Waals surface area contributed by atoms with Crippen molar-refractivity contribution in [1.82, 2.24) is 15.0 Å². The molecule has 0 aliphatic carbocycles. The first-order valence-electron chi connectivity index (χ1n) is 10.3. The molecular formula is C23H25N5O3. The lowest BCUT2D eigenvalue weighted by molar-refractivity contribution is -0.124. The van der Waals surface area contributed by atoms with Gasteiger partial charge in [0.1, 0.15) is 17.7 Å². The lowest BCUT2D eigenvalue weighted by Crippen LogP contribution is -2.26. The van der Waals surface area contributed by atoms with Gasteiger partial charge in [-0.3, -0.25) is 9.59 Å². The summed E-state index contributed by atoms with van der Waals surface area (Å²) in [6.07, 6.45) is 3.00. The van der Waals surface area contributed by atoms with Gasteiger partial charge in [-0.15, -0.1) is 0 Å². The Bertz CT molecular complexity index is 1130. The van der Waals surface area contributed by atoms with Crippen molar-refractivity contribution in [2.24, 2.45) is 0 Å². The number of carbonyl (C=O) groups excluding carboxylic acids is 1. The highest BCUT2D eigenvalue weighted by molar-refractivity contribution is 5.94. The Morgan fingerprint density at radius 1 is 1.26 bits per heavy atom. The highest BCUT2D eigenvalue weighted by Crippen LogP contribution is 2.18. The summed E-state index contributed by atoms with van der Waals surface area (Å²) in [5, 5.41) is 6.18. The number of aromatic amines is 1. The van der Waals surface area contributed by atoms with Crippen molar-refractivity contribution in [3.63, 3.8) is 0 Å². The molecule has 0 bridgehead atoms. The molecule has 1 amide bonds. The molecule has 1 atom stereocenters. The van der Waals surface area contributed by atoms with Crippen LogP contribution in [-0.4, -0.2) is 33.6 Å². The van der Waals surface area contributed by atoms with Crippen LogP contribution < -0.4 is 16.2 Å². The van der Waals surface area contributed by atoms with Crippen molar-refractivity contribution in [3.05, 3.63) is 69.8 Å². The molecule has 4 rings (SSSR count). The van der Waals surface area contributed by atoms with E-state index in [1.165, 1.54) is 0 Å². The van der Waals surface area contributed by atoms with Gasteiger partial charge in [-0.2, -0.15) is 0 Å². The number of benzene rings is 1. The molecule has 0 saturated carbocycles. The smallest absolute Gasteiger partial charge is 0.254 e. The number of aryl methyl sites for hydroxylation is 1. The zero-order valence-corrected chi connectivity index (χ0v) is 17.6. The molecule has 3 aromatic rings. The fraction of sp³-hybridized carbons (Fsp3) is 0.304. The van der Waals surface area contributed by atoms with Crippen LogP contribution in [0.25, 0.3) is 11.4 Å². The summed E-state index contributed by atoms with van der Waals surface area (Å²) < 4.78 is 5.43. The predicted octanol–water partition coefficient (Wildman–Crippen LogP) is 3.18. The molecule has 31 heavy (non-hydrogen) atoms. The zero-order chi connectivity index (χ0) is 21.8. The van der Waals surface area contributed by atoms with Crippen LogP contribution >= 0.6 is 0 Å². The molecule has 0 radical (unpaired) electrons. The van der Waals surface area contributed by atoms with E-state index < -0.39 is 0 Å². The highest BCUT2D eigenvalue weighted by atomic mass is 16.5. The lowest BCUT2D eigenvalue weighted by Gasteiger charge is -2.12. The summed E-state index contributed by atoms with van der Waals surface area (Å²) in [5.41, 5.74) is 3.67. The number of rotatable bonds is 6.